The molecule has 0 amide bonds. The summed E-state index contributed by atoms with van der Waals surface area (Å²) in [5.41, 5.74) is 0.552. The minimum Gasteiger partial charge on any atom is -0.303 e. The van der Waals surface area contributed by atoms with Gasteiger partial charge in [-0.1, -0.05) is 17.3 Å². The van der Waals surface area contributed by atoms with Crippen LogP contribution < -0.4 is 0 Å². The number of hydrogen-bond donors (Lipinski definition) is 0. The van der Waals surface area contributed by atoms with Crippen molar-refractivity contribution in [1.82, 2.24) is 0 Å². The van der Waals surface area contributed by atoms with Gasteiger partial charge < -0.3 is 4.79 Å². The smallest absolute Gasteiger partial charge is 0.120 e. The Morgan fingerprint density at radius 2 is 2.04 bits per heavy atom. The maximum absolute atomic E-state index is 11.1. The minimum atomic E-state index is 0.0377. The first kappa shape index (κ1) is 16.3. The van der Waals surface area contributed by atoms with E-state index in [-0.39, 0.29) is 5.41 Å². The normalized spacial score (nSPS) is 49.9. The fraction of sp³-hybridized carbons (Fsp3) is 0.947. The summed E-state index contributed by atoms with van der Waals surface area (Å²) in [4.78, 5) is 32.4. The summed E-state index contributed by atoms with van der Waals surface area (Å²) < 4.78 is 0. The molecule has 0 saturated heterocycles. The van der Waals surface area contributed by atoms with E-state index in [2.05, 4.69) is 17.3 Å². The Kier molecular flexibility index (Phi) is 3.88. The van der Waals surface area contributed by atoms with Crippen LogP contribution in [0.4, 0.5) is 0 Å². The Bertz CT molecular complexity index is 553. The quantitative estimate of drug-likeness (QED) is 0.342. The van der Waals surface area contributed by atoms with Crippen molar-refractivity contribution in [3.8, 4) is 0 Å². The van der Waals surface area contributed by atoms with Crippen LogP contribution in [-0.2, 0) is 4.79 Å². The van der Waals surface area contributed by atoms with E-state index in [9.17, 15) is 14.6 Å². The summed E-state index contributed by atoms with van der Waals surface area (Å²) in [6.07, 6.45) is 8.15. The van der Waals surface area contributed by atoms with Crippen molar-refractivity contribution in [1.29, 1.82) is 0 Å². The van der Waals surface area contributed by atoms with Crippen molar-refractivity contribution in [2.75, 3.05) is 13.1 Å². The van der Waals surface area contributed by atoms with Crippen LogP contribution in [0, 0.1) is 56.2 Å². The Labute approximate surface area is 143 Å². The van der Waals surface area contributed by atoms with Gasteiger partial charge in [0, 0.05) is 6.42 Å². The van der Waals surface area contributed by atoms with E-state index in [1.807, 2.05) is 0 Å². The highest BCUT2D eigenvalue weighted by molar-refractivity contribution is 5.49. The van der Waals surface area contributed by atoms with Gasteiger partial charge in [0.15, 0.2) is 0 Å². The monoisotopic (exact) mass is 332 g/mol. The molecule has 8 atom stereocenters. The number of rotatable bonds is 10. The molecule has 4 aliphatic rings. The van der Waals surface area contributed by atoms with Crippen molar-refractivity contribution in [3.05, 3.63) is 9.81 Å². The molecular formula is C19H28N2O3. The molecule has 24 heavy (non-hydrogen) atoms. The number of fused-ring (bicyclic) bond motifs is 3. The molecule has 0 radical (unpaired) electrons. The Balaban J connectivity index is 1.53. The first-order valence-electron chi connectivity index (χ1n) is 9.72. The zero-order chi connectivity index (χ0) is 16.9. The van der Waals surface area contributed by atoms with Crippen LogP contribution in [0.2, 0.25) is 0 Å². The van der Waals surface area contributed by atoms with Crippen molar-refractivity contribution in [2.24, 2.45) is 56.7 Å². The highest BCUT2D eigenvalue weighted by Crippen LogP contribution is 2.87. The fourth-order valence-electron chi connectivity index (χ4n) is 8.05. The van der Waals surface area contributed by atoms with Crippen LogP contribution in [0.1, 0.15) is 51.9 Å². The second-order valence-electron chi connectivity index (χ2n) is 8.84. The average Bonchev–Trinajstić information content (AvgIpc) is 3.02. The van der Waals surface area contributed by atoms with Gasteiger partial charge in [-0.2, -0.15) is 9.81 Å². The van der Waals surface area contributed by atoms with E-state index in [1.165, 1.54) is 12.8 Å². The van der Waals surface area contributed by atoms with Gasteiger partial charge in [0.25, 0.3) is 0 Å². The van der Waals surface area contributed by atoms with Gasteiger partial charge in [-0.3, -0.25) is 0 Å². The Morgan fingerprint density at radius 1 is 1.21 bits per heavy atom. The van der Waals surface area contributed by atoms with Crippen LogP contribution in [0.5, 0.6) is 0 Å². The van der Waals surface area contributed by atoms with Crippen LogP contribution in [-0.4, -0.2) is 19.4 Å². The van der Waals surface area contributed by atoms with Crippen molar-refractivity contribution < 1.29 is 4.79 Å². The summed E-state index contributed by atoms with van der Waals surface area (Å²) in [6, 6.07) is 0. The average molecular weight is 332 g/mol. The van der Waals surface area contributed by atoms with Crippen molar-refractivity contribution in [2.45, 2.75) is 51.9 Å². The van der Waals surface area contributed by atoms with Crippen LogP contribution >= 0.6 is 0 Å². The Morgan fingerprint density at radius 3 is 2.71 bits per heavy atom. The molecule has 5 nitrogen and oxygen atoms in total. The molecule has 132 valence electrons. The van der Waals surface area contributed by atoms with Gasteiger partial charge in [-0.15, -0.1) is 0 Å². The Hall–Kier alpha value is -1.13. The molecule has 0 aliphatic heterocycles. The van der Waals surface area contributed by atoms with E-state index in [1.54, 1.807) is 0 Å². The number of hydrogen-bond acceptors (Lipinski definition) is 5. The van der Waals surface area contributed by atoms with E-state index in [0.29, 0.717) is 30.8 Å². The zero-order valence-electron chi connectivity index (χ0n) is 14.5. The molecule has 0 aromatic carbocycles. The molecule has 0 heterocycles. The van der Waals surface area contributed by atoms with E-state index < -0.39 is 0 Å². The summed E-state index contributed by atoms with van der Waals surface area (Å²) in [5, 5.41) is 6.31. The molecule has 8 unspecified atom stereocenters. The highest BCUT2D eigenvalue weighted by Gasteiger charge is 2.83. The number of nitroso groups, excluding NO2 is 2. The largest absolute Gasteiger partial charge is 0.303 e. The lowest BCUT2D eigenvalue weighted by molar-refractivity contribution is -0.108. The molecule has 0 bridgehead atoms. The van der Waals surface area contributed by atoms with Gasteiger partial charge in [-0.05, 0) is 84.9 Å². The van der Waals surface area contributed by atoms with Gasteiger partial charge >= 0.3 is 0 Å². The molecule has 5 heteroatoms. The van der Waals surface area contributed by atoms with Crippen LogP contribution in [0.25, 0.3) is 0 Å². The lowest BCUT2D eigenvalue weighted by atomic mass is 9.54. The molecular weight excluding hydrogens is 304 g/mol. The first-order valence-corrected chi connectivity index (χ1v) is 9.72. The SMILES string of the molecule is CCC12C3CC4C3C(CC4(CCCN=O)CN=O)C1C2CCC=O. The third-order valence-corrected chi connectivity index (χ3v) is 8.66. The standard InChI is InChI=1S/C19H28N2O3/c1-2-19-13(5-3-8-22)17(19)12-10-18(11-21-24,6-4-7-20-23)14-9-15(19)16(12)14/h8,12-17H,2-7,9-11H2,1H3. The van der Waals surface area contributed by atoms with Crippen molar-refractivity contribution >= 4 is 6.29 Å². The summed E-state index contributed by atoms with van der Waals surface area (Å²) in [7, 11) is 0. The molecule has 0 N–H and O–H groups in total. The molecule has 4 fully saturated rings. The second kappa shape index (κ2) is 5.70. The zero-order valence-corrected chi connectivity index (χ0v) is 14.5. The van der Waals surface area contributed by atoms with E-state index in [0.717, 1.165) is 61.6 Å². The summed E-state index contributed by atoms with van der Waals surface area (Å²) in [6.45, 7) is 3.11. The highest BCUT2D eigenvalue weighted by atomic mass is 16.3. The van der Waals surface area contributed by atoms with Crippen LogP contribution in [0.3, 0.4) is 0 Å². The van der Waals surface area contributed by atoms with Crippen LogP contribution in [0.15, 0.2) is 10.4 Å². The number of carbonyl (C=O) groups is 1. The molecule has 4 saturated carbocycles. The second-order valence-corrected chi connectivity index (χ2v) is 8.84. The molecule has 0 spiro atoms. The first-order chi connectivity index (χ1) is 11.7. The predicted molar refractivity (Wildman–Crippen MR) is 91.2 cm³/mol. The van der Waals surface area contributed by atoms with Gasteiger partial charge in [0.1, 0.15) is 6.29 Å². The maximum Gasteiger partial charge on any atom is 0.120 e. The van der Waals surface area contributed by atoms with Gasteiger partial charge in [0.2, 0.25) is 0 Å². The van der Waals surface area contributed by atoms with E-state index >= 15 is 0 Å². The molecule has 0 aromatic rings. The summed E-state index contributed by atoms with van der Waals surface area (Å²) in [5.74, 6) is 4.48. The number of carbonyl (C=O) groups excluding carboxylic acids is 1. The van der Waals surface area contributed by atoms with E-state index in [4.69, 9.17) is 0 Å². The van der Waals surface area contributed by atoms with Gasteiger partial charge in [0.05, 0.1) is 13.1 Å². The van der Waals surface area contributed by atoms with Crippen molar-refractivity contribution in [3.63, 3.8) is 0 Å². The van der Waals surface area contributed by atoms with Gasteiger partial charge in [-0.25, -0.2) is 0 Å². The fourth-order valence-corrected chi connectivity index (χ4v) is 8.05. The molecule has 4 rings (SSSR count). The molecule has 0 aromatic heterocycles. The topological polar surface area (TPSA) is 75.9 Å². The maximum atomic E-state index is 11.1. The lowest BCUT2D eigenvalue weighted by Crippen LogP contribution is -2.46. The minimum absolute atomic E-state index is 0.0377. The lowest BCUT2D eigenvalue weighted by Gasteiger charge is -2.50. The number of aldehydes is 1. The molecule has 4 aliphatic carbocycles. The number of nitrogens with zero attached hydrogens (tertiary/aromatic N) is 2. The predicted octanol–water partition coefficient (Wildman–Crippen LogP) is 4.19. The third kappa shape index (κ3) is 1.84. The summed E-state index contributed by atoms with van der Waals surface area (Å²) >= 11 is 0. The third-order valence-electron chi connectivity index (χ3n) is 8.66.